The highest BCUT2D eigenvalue weighted by Crippen LogP contribution is 2.20. The van der Waals surface area contributed by atoms with Crippen LogP contribution in [0.5, 0.6) is 0 Å². The van der Waals surface area contributed by atoms with Gasteiger partial charge in [-0.3, -0.25) is 4.79 Å². The van der Waals surface area contributed by atoms with E-state index >= 15 is 0 Å². The highest BCUT2D eigenvalue weighted by molar-refractivity contribution is 7.10. The highest BCUT2D eigenvalue weighted by Gasteiger charge is 2.19. The van der Waals surface area contributed by atoms with Crippen molar-refractivity contribution in [3.8, 4) is 0 Å². The van der Waals surface area contributed by atoms with E-state index in [1.165, 1.54) is 16.0 Å². The van der Waals surface area contributed by atoms with Crippen LogP contribution in [0.2, 0.25) is 0 Å². The maximum atomic E-state index is 12.7. The number of amides is 1. The quantitative estimate of drug-likeness (QED) is 0.667. The molecule has 0 atom stereocenters. The second-order valence-corrected chi connectivity index (χ2v) is 6.47. The van der Waals surface area contributed by atoms with Crippen molar-refractivity contribution >= 4 is 17.2 Å². The van der Waals surface area contributed by atoms with E-state index in [9.17, 15) is 4.79 Å². The van der Waals surface area contributed by atoms with Gasteiger partial charge < -0.3 is 9.32 Å². The third-order valence-corrected chi connectivity index (χ3v) is 4.84. The Kier molecular flexibility index (Phi) is 4.93. The normalized spacial score (nSPS) is 10.7. The van der Waals surface area contributed by atoms with Gasteiger partial charge in [-0.2, -0.15) is 0 Å². The Hall–Kier alpha value is -2.33. The fourth-order valence-electron chi connectivity index (χ4n) is 2.46. The number of hydrogen-bond acceptors (Lipinski definition) is 3. The predicted molar refractivity (Wildman–Crippen MR) is 92.7 cm³/mol. The molecule has 0 saturated carbocycles. The number of carbonyl (C=O) groups is 1. The molecule has 0 radical (unpaired) electrons. The second-order valence-electron chi connectivity index (χ2n) is 5.47. The Morgan fingerprint density at radius 2 is 1.96 bits per heavy atom. The van der Waals surface area contributed by atoms with E-state index in [4.69, 9.17) is 4.42 Å². The lowest BCUT2D eigenvalue weighted by Crippen LogP contribution is -2.32. The number of benzene rings is 1. The summed E-state index contributed by atoms with van der Waals surface area (Å²) in [6, 6.07) is 15.8. The second kappa shape index (κ2) is 7.29. The van der Waals surface area contributed by atoms with Crippen molar-refractivity contribution in [3.63, 3.8) is 0 Å². The Labute approximate surface area is 140 Å². The molecular formula is C19H19NO2S. The minimum atomic E-state index is -0.0567. The molecule has 118 valence electrons. The van der Waals surface area contributed by atoms with Gasteiger partial charge in [0.25, 0.3) is 5.91 Å². The third-order valence-electron chi connectivity index (χ3n) is 3.84. The Morgan fingerprint density at radius 3 is 2.61 bits per heavy atom. The SMILES string of the molecule is Cc1ccsc1CN(CCc1ccccc1)C(=O)c1ccco1. The zero-order valence-electron chi connectivity index (χ0n) is 13.1. The molecule has 0 bridgehead atoms. The van der Waals surface area contributed by atoms with Crippen LogP contribution in [-0.2, 0) is 13.0 Å². The van der Waals surface area contributed by atoms with Gasteiger partial charge in [-0.05, 0) is 48.1 Å². The Bertz CT molecular complexity index is 747. The summed E-state index contributed by atoms with van der Waals surface area (Å²) in [6.45, 7) is 3.37. The molecule has 0 N–H and O–H groups in total. The lowest BCUT2D eigenvalue weighted by molar-refractivity contribution is 0.0714. The molecule has 2 aromatic heterocycles. The molecule has 3 rings (SSSR count). The first-order chi connectivity index (χ1) is 11.2. The standard InChI is InChI=1S/C19H19NO2S/c1-15-10-13-23-18(15)14-20(19(21)17-8-5-12-22-17)11-9-16-6-3-2-4-7-16/h2-8,10,12-13H,9,11,14H2,1H3. The monoisotopic (exact) mass is 325 g/mol. The van der Waals surface area contributed by atoms with Crippen LogP contribution in [0.25, 0.3) is 0 Å². The first-order valence-electron chi connectivity index (χ1n) is 7.63. The van der Waals surface area contributed by atoms with Crippen LogP contribution < -0.4 is 0 Å². The van der Waals surface area contributed by atoms with Gasteiger partial charge in [-0.1, -0.05) is 30.3 Å². The van der Waals surface area contributed by atoms with Crippen LogP contribution in [0, 0.1) is 6.92 Å². The van der Waals surface area contributed by atoms with Crippen LogP contribution in [0.15, 0.2) is 64.6 Å². The summed E-state index contributed by atoms with van der Waals surface area (Å²) in [5, 5.41) is 2.07. The summed E-state index contributed by atoms with van der Waals surface area (Å²) < 4.78 is 5.29. The maximum absolute atomic E-state index is 12.7. The van der Waals surface area contributed by atoms with E-state index in [2.05, 4.69) is 30.5 Å². The smallest absolute Gasteiger partial charge is 0.289 e. The molecule has 2 heterocycles. The molecule has 0 aliphatic heterocycles. The minimum absolute atomic E-state index is 0.0567. The average Bonchev–Trinajstić information content (AvgIpc) is 3.24. The molecule has 4 heteroatoms. The van der Waals surface area contributed by atoms with Gasteiger partial charge in [0.05, 0.1) is 12.8 Å². The van der Waals surface area contributed by atoms with Crippen molar-refractivity contribution in [2.75, 3.05) is 6.54 Å². The van der Waals surface area contributed by atoms with Crippen molar-refractivity contribution in [1.29, 1.82) is 0 Å². The van der Waals surface area contributed by atoms with Crippen LogP contribution >= 0.6 is 11.3 Å². The molecule has 0 aliphatic rings. The van der Waals surface area contributed by atoms with Crippen molar-refractivity contribution in [3.05, 3.63) is 81.9 Å². The van der Waals surface area contributed by atoms with E-state index < -0.39 is 0 Å². The molecule has 1 aromatic carbocycles. The van der Waals surface area contributed by atoms with Crippen molar-refractivity contribution < 1.29 is 9.21 Å². The first-order valence-corrected chi connectivity index (χ1v) is 8.51. The topological polar surface area (TPSA) is 33.5 Å². The molecule has 0 aliphatic carbocycles. The summed E-state index contributed by atoms with van der Waals surface area (Å²) in [5.41, 5.74) is 2.46. The van der Waals surface area contributed by atoms with E-state index in [1.54, 1.807) is 29.7 Å². The minimum Gasteiger partial charge on any atom is -0.459 e. The molecule has 3 nitrogen and oxygen atoms in total. The van der Waals surface area contributed by atoms with Gasteiger partial charge in [0.2, 0.25) is 0 Å². The van der Waals surface area contributed by atoms with Gasteiger partial charge in [0, 0.05) is 11.4 Å². The van der Waals surface area contributed by atoms with Crippen LogP contribution in [0.4, 0.5) is 0 Å². The lowest BCUT2D eigenvalue weighted by atomic mass is 10.1. The number of thiophene rings is 1. The summed E-state index contributed by atoms with van der Waals surface area (Å²) in [4.78, 5) is 15.8. The fraction of sp³-hybridized carbons (Fsp3) is 0.211. The fourth-order valence-corrected chi connectivity index (χ4v) is 3.38. The summed E-state index contributed by atoms with van der Waals surface area (Å²) in [5.74, 6) is 0.339. The molecule has 0 saturated heterocycles. The van der Waals surface area contributed by atoms with Crippen molar-refractivity contribution in [2.45, 2.75) is 19.9 Å². The van der Waals surface area contributed by atoms with Gasteiger partial charge >= 0.3 is 0 Å². The summed E-state index contributed by atoms with van der Waals surface area (Å²) >= 11 is 1.69. The molecule has 1 amide bonds. The summed E-state index contributed by atoms with van der Waals surface area (Å²) in [6.07, 6.45) is 2.37. The third kappa shape index (κ3) is 3.90. The highest BCUT2D eigenvalue weighted by atomic mass is 32.1. The first kappa shape index (κ1) is 15.6. The number of hydrogen-bond donors (Lipinski definition) is 0. The largest absolute Gasteiger partial charge is 0.459 e. The van der Waals surface area contributed by atoms with Gasteiger partial charge in [-0.25, -0.2) is 0 Å². The van der Waals surface area contributed by atoms with Crippen LogP contribution in [0.3, 0.4) is 0 Å². The zero-order valence-corrected chi connectivity index (χ0v) is 13.9. The Morgan fingerprint density at radius 1 is 1.13 bits per heavy atom. The van der Waals surface area contributed by atoms with E-state index in [0.29, 0.717) is 18.8 Å². The molecular weight excluding hydrogens is 306 g/mol. The Balaban J connectivity index is 1.75. The molecule has 0 fully saturated rings. The van der Waals surface area contributed by atoms with E-state index in [0.717, 1.165) is 6.42 Å². The number of aryl methyl sites for hydroxylation is 1. The number of nitrogens with zero attached hydrogens (tertiary/aromatic N) is 1. The molecule has 0 spiro atoms. The lowest BCUT2D eigenvalue weighted by Gasteiger charge is -2.21. The number of furan rings is 1. The zero-order chi connectivity index (χ0) is 16.1. The van der Waals surface area contributed by atoms with Gasteiger partial charge in [0.1, 0.15) is 0 Å². The van der Waals surface area contributed by atoms with Crippen molar-refractivity contribution in [1.82, 2.24) is 4.90 Å². The average molecular weight is 325 g/mol. The molecule has 3 aromatic rings. The number of carbonyl (C=O) groups excluding carboxylic acids is 1. The van der Waals surface area contributed by atoms with E-state index in [1.807, 2.05) is 23.1 Å². The van der Waals surface area contributed by atoms with Crippen LogP contribution in [-0.4, -0.2) is 17.4 Å². The maximum Gasteiger partial charge on any atom is 0.289 e. The predicted octanol–water partition coefficient (Wildman–Crippen LogP) is 4.53. The van der Waals surface area contributed by atoms with Crippen LogP contribution in [0.1, 0.15) is 26.6 Å². The molecule has 23 heavy (non-hydrogen) atoms. The van der Waals surface area contributed by atoms with Gasteiger partial charge in [-0.15, -0.1) is 11.3 Å². The van der Waals surface area contributed by atoms with Crippen molar-refractivity contribution in [2.24, 2.45) is 0 Å². The molecule has 0 unspecified atom stereocenters. The van der Waals surface area contributed by atoms with Gasteiger partial charge in [0.15, 0.2) is 5.76 Å². The summed E-state index contributed by atoms with van der Waals surface area (Å²) in [7, 11) is 0. The number of rotatable bonds is 6. The van der Waals surface area contributed by atoms with E-state index in [-0.39, 0.29) is 5.91 Å².